The van der Waals surface area contributed by atoms with Crippen LogP contribution in [0.2, 0.25) is 10.0 Å². The second-order valence-electron chi connectivity index (χ2n) is 6.87. The van der Waals surface area contributed by atoms with E-state index >= 15 is 0 Å². The van der Waals surface area contributed by atoms with Crippen molar-refractivity contribution in [2.75, 3.05) is 13.7 Å². The normalized spacial score (nSPS) is 11.1. The Morgan fingerprint density at radius 1 is 1.22 bits per heavy atom. The van der Waals surface area contributed by atoms with Gasteiger partial charge < -0.3 is 9.47 Å². The number of ether oxygens (including phenoxy) is 2. The number of methoxy groups -OCH3 is 1. The van der Waals surface area contributed by atoms with Crippen molar-refractivity contribution in [3.63, 3.8) is 0 Å². The number of carbonyl (C=O) groups excluding carboxylic acids is 1. The Bertz CT molecular complexity index is 1160. The molecule has 1 N–H and O–H groups in total. The van der Waals surface area contributed by atoms with Crippen LogP contribution in [0.25, 0.3) is 0 Å². The summed E-state index contributed by atoms with van der Waals surface area (Å²) in [6, 6.07) is 10.4. The SMILES string of the molecule is COc1ccc(/C=N/NC(=O)COc2ccc(Cl)cc2Cl)cc1Cn1nc(C)c(Br)c1C. The molecule has 1 aromatic heterocycles. The minimum atomic E-state index is -0.423. The van der Waals surface area contributed by atoms with E-state index in [0.29, 0.717) is 22.3 Å². The van der Waals surface area contributed by atoms with Crippen LogP contribution in [0.1, 0.15) is 22.5 Å². The standard InChI is InChI=1S/C22H21BrCl2N4O3/c1-13-22(23)14(2)29(28-13)11-16-8-15(4-6-19(16)31-3)10-26-27-21(30)12-32-20-7-5-17(24)9-18(20)25/h4-10H,11-12H2,1-3H3,(H,27,30)/b26-10+. The van der Waals surface area contributed by atoms with E-state index in [1.807, 2.05) is 36.7 Å². The molecule has 0 aliphatic rings. The molecule has 0 aliphatic carbocycles. The lowest BCUT2D eigenvalue weighted by molar-refractivity contribution is -0.123. The van der Waals surface area contributed by atoms with Gasteiger partial charge in [0.15, 0.2) is 6.61 Å². The minimum absolute atomic E-state index is 0.237. The second kappa shape index (κ2) is 10.8. The van der Waals surface area contributed by atoms with E-state index in [1.165, 1.54) is 0 Å². The van der Waals surface area contributed by atoms with E-state index in [0.717, 1.165) is 32.7 Å². The molecule has 1 amide bonds. The van der Waals surface area contributed by atoms with Crippen molar-refractivity contribution < 1.29 is 14.3 Å². The number of hydrogen-bond donors (Lipinski definition) is 1. The third kappa shape index (κ3) is 6.03. The van der Waals surface area contributed by atoms with Crippen LogP contribution in [0, 0.1) is 13.8 Å². The van der Waals surface area contributed by atoms with Crippen molar-refractivity contribution in [3.8, 4) is 11.5 Å². The van der Waals surface area contributed by atoms with E-state index in [4.69, 9.17) is 32.7 Å². The quantitative estimate of drug-likeness (QED) is 0.317. The summed E-state index contributed by atoms with van der Waals surface area (Å²) in [5.41, 5.74) is 6.10. The summed E-state index contributed by atoms with van der Waals surface area (Å²) in [6.07, 6.45) is 1.55. The number of benzene rings is 2. The van der Waals surface area contributed by atoms with Gasteiger partial charge in [0.2, 0.25) is 0 Å². The monoisotopic (exact) mass is 538 g/mol. The lowest BCUT2D eigenvalue weighted by Gasteiger charge is -2.11. The summed E-state index contributed by atoms with van der Waals surface area (Å²) in [6.45, 7) is 4.24. The van der Waals surface area contributed by atoms with Gasteiger partial charge in [0.25, 0.3) is 5.91 Å². The smallest absolute Gasteiger partial charge is 0.277 e. The molecule has 0 fully saturated rings. The molecule has 3 rings (SSSR count). The van der Waals surface area contributed by atoms with Crippen LogP contribution in [-0.4, -0.2) is 35.6 Å². The van der Waals surface area contributed by atoms with Crippen molar-refractivity contribution in [2.24, 2.45) is 5.10 Å². The predicted octanol–water partition coefficient (Wildman–Crippen LogP) is 5.16. The fourth-order valence-electron chi connectivity index (χ4n) is 2.94. The van der Waals surface area contributed by atoms with E-state index in [9.17, 15) is 4.79 Å². The molecule has 0 saturated carbocycles. The number of amides is 1. The minimum Gasteiger partial charge on any atom is -0.496 e. The highest BCUT2D eigenvalue weighted by molar-refractivity contribution is 9.10. The maximum atomic E-state index is 12.0. The molecule has 7 nitrogen and oxygen atoms in total. The van der Waals surface area contributed by atoms with Crippen molar-refractivity contribution in [3.05, 3.63) is 73.4 Å². The van der Waals surface area contributed by atoms with Gasteiger partial charge in [-0.3, -0.25) is 9.48 Å². The van der Waals surface area contributed by atoms with Gasteiger partial charge in [0.05, 0.1) is 40.8 Å². The molecule has 0 saturated heterocycles. The number of halogens is 3. The Labute approximate surface area is 204 Å². The number of rotatable bonds is 8. The first-order chi connectivity index (χ1) is 15.3. The largest absolute Gasteiger partial charge is 0.496 e. The number of aryl methyl sites for hydroxylation is 1. The molecule has 10 heteroatoms. The van der Waals surface area contributed by atoms with Crippen LogP contribution < -0.4 is 14.9 Å². The van der Waals surface area contributed by atoms with Crippen molar-refractivity contribution in [1.29, 1.82) is 0 Å². The molecule has 0 bridgehead atoms. The van der Waals surface area contributed by atoms with Gasteiger partial charge in [-0.2, -0.15) is 10.2 Å². The van der Waals surface area contributed by atoms with Gasteiger partial charge in [-0.15, -0.1) is 0 Å². The number of hydrazone groups is 1. The van der Waals surface area contributed by atoms with Gasteiger partial charge in [-0.25, -0.2) is 5.43 Å². The van der Waals surface area contributed by atoms with Crippen molar-refractivity contribution in [2.45, 2.75) is 20.4 Å². The molecule has 0 unspecified atom stereocenters. The Kier molecular flexibility index (Phi) is 8.17. The molecule has 1 heterocycles. The molecule has 168 valence electrons. The summed E-state index contributed by atoms with van der Waals surface area (Å²) in [5, 5.41) is 9.36. The molecule has 2 aromatic carbocycles. The van der Waals surface area contributed by atoms with Crippen LogP contribution >= 0.6 is 39.1 Å². The zero-order chi connectivity index (χ0) is 23.3. The van der Waals surface area contributed by atoms with E-state index in [-0.39, 0.29) is 6.61 Å². The molecule has 3 aromatic rings. The maximum absolute atomic E-state index is 12.0. The Balaban J connectivity index is 1.63. The zero-order valence-electron chi connectivity index (χ0n) is 17.7. The predicted molar refractivity (Wildman–Crippen MR) is 129 cm³/mol. The van der Waals surface area contributed by atoms with Crippen LogP contribution in [-0.2, 0) is 11.3 Å². The number of nitrogens with one attached hydrogen (secondary N) is 1. The molecular formula is C22H21BrCl2N4O3. The summed E-state index contributed by atoms with van der Waals surface area (Å²) in [7, 11) is 1.62. The van der Waals surface area contributed by atoms with E-state index in [1.54, 1.807) is 31.5 Å². The van der Waals surface area contributed by atoms with Crippen LogP contribution in [0.3, 0.4) is 0 Å². The average molecular weight is 540 g/mol. The van der Waals surface area contributed by atoms with E-state index < -0.39 is 5.91 Å². The summed E-state index contributed by atoms with van der Waals surface area (Å²) in [4.78, 5) is 12.0. The Morgan fingerprint density at radius 2 is 1.97 bits per heavy atom. The van der Waals surface area contributed by atoms with Crippen LogP contribution in [0.4, 0.5) is 0 Å². The van der Waals surface area contributed by atoms with Gasteiger partial charge in [-0.1, -0.05) is 23.2 Å². The summed E-state index contributed by atoms with van der Waals surface area (Å²) >= 11 is 15.4. The van der Waals surface area contributed by atoms with Gasteiger partial charge >= 0.3 is 0 Å². The highest BCUT2D eigenvalue weighted by Gasteiger charge is 2.12. The van der Waals surface area contributed by atoms with E-state index in [2.05, 4.69) is 31.6 Å². The molecule has 0 aliphatic heterocycles. The first kappa shape index (κ1) is 24.1. The molecule has 0 atom stereocenters. The number of nitrogens with zero attached hydrogens (tertiary/aromatic N) is 3. The lowest BCUT2D eigenvalue weighted by atomic mass is 10.1. The first-order valence-corrected chi connectivity index (χ1v) is 11.1. The second-order valence-corrected chi connectivity index (χ2v) is 8.51. The average Bonchev–Trinajstić information content (AvgIpc) is 3.00. The zero-order valence-corrected chi connectivity index (χ0v) is 20.8. The van der Waals surface area contributed by atoms with Gasteiger partial charge in [0, 0.05) is 10.6 Å². The first-order valence-electron chi connectivity index (χ1n) is 9.54. The molecular weight excluding hydrogens is 519 g/mol. The maximum Gasteiger partial charge on any atom is 0.277 e. The molecule has 0 radical (unpaired) electrons. The molecule has 32 heavy (non-hydrogen) atoms. The number of aromatic nitrogens is 2. The highest BCUT2D eigenvalue weighted by atomic mass is 79.9. The van der Waals surface area contributed by atoms with Crippen molar-refractivity contribution >= 4 is 51.3 Å². The highest BCUT2D eigenvalue weighted by Crippen LogP contribution is 2.27. The van der Waals surface area contributed by atoms with Crippen molar-refractivity contribution in [1.82, 2.24) is 15.2 Å². The Morgan fingerprint density at radius 3 is 2.62 bits per heavy atom. The fraction of sp³-hybridized carbons (Fsp3) is 0.227. The molecule has 0 spiro atoms. The topological polar surface area (TPSA) is 77.7 Å². The van der Waals surface area contributed by atoms with Crippen LogP contribution in [0.15, 0.2) is 46.0 Å². The third-order valence-corrected chi connectivity index (χ3v) is 6.25. The fourth-order valence-corrected chi connectivity index (χ4v) is 3.69. The van der Waals surface area contributed by atoms with Crippen LogP contribution in [0.5, 0.6) is 11.5 Å². The number of hydrogen-bond acceptors (Lipinski definition) is 5. The van der Waals surface area contributed by atoms with Gasteiger partial charge in [0.1, 0.15) is 11.5 Å². The lowest BCUT2D eigenvalue weighted by Crippen LogP contribution is -2.24. The summed E-state index contributed by atoms with van der Waals surface area (Å²) < 4.78 is 13.8. The third-order valence-electron chi connectivity index (χ3n) is 4.57. The Hall–Kier alpha value is -2.55. The summed E-state index contributed by atoms with van der Waals surface area (Å²) in [5.74, 6) is 0.683. The van der Waals surface area contributed by atoms with Gasteiger partial charge in [-0.05, 0) is 71.7 Å². The number of carbonyl (C=O) groups is 1.